The van der Waals surface area contributed by atoms with E-state index in [1.54, 1.807) is 36.4 Å². The molecule has 1 N–H and O–H groups in total. The van der Waals surface area contributed by atoms with Crippen LogP contribution in [-0.2, 0) is 14.8 Å². The SMILES string of the molecule is CSc1ccc(S(=O)(=O)N(CC(=O)NN=C2CCCCC2)c2ccc(C)cc2)cc1. The molecule has 3 rings (SSSR count). The molecule has 0 aromatic heterocycles. The van der Waals surface area contributed by atoms with Gasteiger partial charge in [-0.1, -0.05) is 24.1 Å². The van der Waals surface area contributed by atoms with Crippen molar-refractivity contribution in [1.29, 1.82) is 0 Å². The van der Waals surface area contributed by atoms with Crippen LogP contribution >= 0.6 is 11.8 Å². The number of nitrogens with one attached hydrogen (secondary N) is 1. The van der Waals surface area contributed by atoms with Crippen LogP contribution in [0.3, 0.4) is 0 Å². The maximum absolute atomic E-state index is 13.4. The van der Waals surface area contributed by atoms with Crippen molar-refractivity contribution in [2.75, 3.05) is 17.1 Å². The number of hydrazone groups is 1. The molecule has 0 bridgehead atoms. The van der Waals surface area contributed by atoms with E-state index in [4.69, 9.17) is 0 Å². The topological polar surface area (TPSA) is 78.8 Å². The molecule has 0 heterocycles. The van der Waals surface area contributed by atoms with Crippen LogP contribution in [0.1, 0.15) is 37.7 Å². The van der Waals surface area contributed by atoms with Crippen LogP contribution in [-0.4, -0.2) is 32.8 Å². The van der Waals surface area contributed by atoms with Gasteiger partial charge in [-0.05, 0) is 75.3 Å². The fraction of sp³-hybridized carbons (Fsp3) is 0.364. The molecule has 2 aromatic carbocycles. The Kier molecular flexibility index (Phi) is 7.55. The second kappa shape index (κ2) is 10.1. The number of anilines is 1. The van der Waals surface area contributed by atoms with E-state index in [2.05, 4.69) is 10.5 Å². The second-order valence-corrected chi connectivity index (χ2v) is 10.0. The van der Waals surface area contributed by atoms with Crippen LogP contribution in [0.2, 0.25) is 0 Å². The third-order valence-corrected chi connectivity index (χ3v) is 7.56. The van der Waals surface area contributed by atoms with Gasteiger partial charge in [0.15, 0.2) is 0 Å². The highest BCUT2D eigenvalue weighted by Gasteiger charge is 2.27. The van der Waals surface area contributed by atoms with Crippen molar-refractivity contribution in [2.24, 2.45) is 5.10 Å². The monoisotopic (exact) mass is 445 g/mol. The fourth-order valence-electron chi connectivity index (χ4n) is 3.28. The van der Waals surface area contributed by atoms with Gasteiger partial charge >= 0.3 is 0 Å². The Labute approximate surface area is 182 Å². The first-order valence-electron chi connectivity index (χ1n) is 9.98. The number of hydrogen-bond donors (Lipinski definition) is 1. The minimum atomic E-state index is -3.92. The number of nitrogens with zero attached hydrogens (tertiary/aromatic N) is 2. The summed E-state index contributed by atoms with van der Waals surface area (Å²) in [4.78, 5) is 13.7. The minimum absolute atomic E-state index is 0.146. The van der Waals surface area contributed by atoms with Crippen LogP contribution in [0.15, 0.2) is 63.4 Å². The van der Waals surface area contributed by atoms with E-state index < -0.39 is 15.9 Å². The zero-order valence-electron chi connectivity index (χ0n) is 17.3. The van der Waals surface area contributed by atoms with Crippen LogP contribution in [0.4, 0.5) is 5.69 Å². The lowest BCUT2D eigenvalue weighted by molar-refractivity contribution is -0.119. The molecule has 0 unspecified atom stereocenters. The zero-order chi connectivity index (χ0) is 21.6. The molecule has 2 aromatic rings. The van der Waals surface area contributed by atoms with Gasteiger partial charge < -0.3 is 0 Å². The lowest BCUT2D eigenvalue weighted by atomic mass is 9.99. The highest BCUT2D eigenvalue weighted by molar-refractivity contribution is 7.98. The Hall–Kier alpha value is -2.32. The average Bonchev–Trinajstić information content (AvgIpc) is 2.77. The van der Waals surface area contributed by atoms with Crippen LogP contribution < -0.4 is 9.73 Å². The van der Waals surface area contributed by atoms with Crippen molar-refractivity contribution in [2.45, 2.75) is 48.8 Å². The Balaban J connectivity index is 1.86. The number of thioether (sulfide) groups is 1. The van der Waals surface area contributed by atoms with E-state index in [0.29, 0.717) is 5.69 Å². The Morgan fingerprint density at radius 1 is 1.03 bits per heavy atom. The average molecular weight is 446 g/mol. The number of hydrogen-bond acceptors (Lipinski definition) is 5. The molecule has 0 atom stereocenters. The molecule has 30 heavy (non-hydrogen) atoms. The van der Waals surface area contributed by atoms with Crippen LogP contribution in [0, 0.1) is 6.92 Å². The van der Waals surface area contributed by atoms with Crippen LogP contribution in [0.5, 0.6) is 0 Å². The van der Waals surface area contributed by atoms with E-state index in [9.17, 15) is 13.2 Å². The molecule has 1 amide bonds. The number of amides is 1. The number of benzene rings is 2. The van der Waals surface area contributed by atoms with Gasteiger partial charge in [-0.25, -0.2) is 13.8 Å². The summed E-state index contributed by atoms with van der Waals surface area (Å²) >= 11 is 1.54. The van der Waals surface area contributed by atoms with Crippen LogP contribution in [0.25, 0.3) is 0 Å². The summed E-state index contributed by atoms with van der Waals surface area (Å²) in [6.07, 6.45) is 7.02. The molecule has 0 radical (unpaired) electrons. The Morgan fingerprint density at radius 3 is 2.27 bits per heavy atom. The van der Waals surface area contributed by atoms with Gasteiger partial charge in [0.1, 0.15) is 6.54 Å². The van der Waals surface area contributed by atoms with Gasteiger partial charge in [0.25, 0.3) is 15.9 Å². The third-order valence-electron chi connectivity index (χ3n) is 5.03. The molecule has 0 aliphatic heterocycles. The lowest BCUT2D eigenvalue weighted by Crippen LogP contribution is -2.39. The number of aryl methyl sites for hydroxylation is 1. The first kappa shape index (κ1) is 22.4. The van der Waals surface area contributed by atoms with E-state index in [-0.39, 0.29) is 11.4 Å². The first-order valence-corrected chi connectivity index (χ1v) is 12.6. The first-order chi connectivity index (χ1) is 14.4. The summed E-state index contributed by atoms with van der Waals surface area (Å²) in [6, 6.07) is 13.8. The summed E-state index contributed by atoms with van der Waals surface area (Å²) in [7, 11) is -3.92. The molecular weight excluding hydrogens is 418 g/mol. The molecular formula is C22H27N3O3S2. The number of sulfonamides is 1. The number of carbonyl (C=O) groups excluding carboxylic acids is 1. The highest BCUT2D eigenvalue weighted by Crippen LogP contribution is 2.25. The molecule has 8 heteroatoms. The summed E-state index contributed by atoms with van der Waals surface area (Å²) < 4.78 is 27.9. The van der Waals surface area contributed by atoms with Gasteiger partial charge in [-0.15, -0.1) is 11.8 Å². The molecule has 0 spiro atoms. The molecule has 1 aliphatic carbocycles. The molecule has 1 fully saturated rings. The standard InChI is InChI=1S/C22H27N3O3S2/c1-17-8-10-19(11-9-17)25(16-22(26)24-23-18-6-4-3-5-7-18)30(27,28)21-14-12-20(29-2)13-15-21/h8-15H,3-7,16H2,1-2H3,(H,24,26). The molecule has 160 valence electrons. The largest absolute Gasteiger partial charge is 0.271 e. The van der Waals surface area contributed by atoms with Gasteiger partial charge in [-0.3, -0.25) is 9.10 Å². The minimum Gasteiger partial charge on any atom is -0.271 e. The maximum Gasteiger partial charge on any atom is 0.264 e. The molecule has 6 nitrogen and oxygen atoms in total. The van der Waals surface area contributed by atoms with Crippen molar-refractivity contribution in [3.63, 3.8) is 0 Å². The van der Waals surface area contributed by atoms with E-state index in [1.807, 2.05) is 25.3 Å². The Morgan fingerprint density at radius 2 is 1.67 bits per heavy atom. The van der Waals surface area contributed by atoms with Crippen molar-refractivity contribution < 1.29 is 13.2 Å². The normalized spacial score (nSPS) is 14.3. The fourth-order valence-corrected chi connectivity index (χ4v) is 5.11. The number of carbonyl (C=O) groups is 1. The predicted molar refractivity (Wildman–Crippen MR) is 123 cm³/mol. The Bertz CT molecular complexity index is 993. The van der Waals surface area contributed by atoms with Crippen molar-refractivity contribution in [3.05, 3.63) is 54.1 Å². The second-order valence-electron chi connectivity index (χ2n) is 7.30. The van der Waals surface area contributed by atoms with E-state index >= 15 is 0 Å². The lowest BCUT2D eigenvalue weighted by Gasteiger charge is -2.24. The third kappa shape index (κ3) is 5.64. The smallest absolute Gasteiger partial charge is 0.264 e. The zero-order valence-corrected chi connectivity index (χ0v) is 18.9. The summed E-state index contributed by atoms with van der Waals surface area (Å²) in [5.41, 5.74) is 4.96. The quantitative estimate of drug-likeness (QED) is 0.508. The number of rotatable bonds is 7. The van der Waals surface area contributed by atoms with Gasteiger partial charge in [0.2, 0.25) is 0 Å². The molecule has 1 saturated carbocycles. The van der Waals surface area contributed by atoms with E-state index in [1.165, 1.54) is 18.2 Å². The maximum atomic E-state index is 13.4. The summed E-state index contributed by atoms with van der Waals surface area (Å²) in [5, 5.41) is 4.21. The molecule has 0 saturated heterocycles. The van der Waals surface area contributed by atoms with Gasteiger partial charge in [0.05, 0.1) is 10.6 Å². The van der Waals surface area contributed by atoms with Gasteiger partial charge in [-0.2, -0.15) is 5.10 Å². The van der Waals surface area contributed by atoms with Gasteiger partial charge in [0, 0.05) is 10.6 Å². The van der Waals surface area contributed by atoms with Crippen molar-refractivity contribution >= 4 is 39.1 Å². The van der Waals surface area contributed by atoms with Crippen molar-refractivity contribution in [1.82, 2.24) is 5.43 Å². The molecule has 1 aliphatic rings. The van der Waals surface area contributed by atoms with E-state index in [0.717, 1.165) is 46.2 Å². The highest BCUT2D eigenvalue weighted by atomic mass is 32.2. The summed E-state index contributed by atoms with van der Waals surface area (Å²) in [6.45, 7) is 1.59. The predicted octanol–water partition coefficient (Wildman–Crippen LogP) is 4.35. The summed E-state index contributed by atoms with van der Waals surface area (Å²) in [5.74, 6) is -0.460. The van der Waals surface area contributed by atoms with Crippen molar-refractivity contribution in [3.8, 4) is 0 Å².